The Morgan fingerprint density at radius 3 is 2.47 bits per heavy atom. The Morgan fingerprint density at radius 1 is 1.03 bits per heavy atom. The molecule has 0 fully saturated rings. The van der Waals surface area contributed by atoms with Gasteiger partial charge in [-0.25, -0.2) is 13.2 Å². The van der Waals surface area contributed by atoms with E-state index < -0.39 is 28.4 Å². The summed E-state index contributed by atoms with van der Waals surface area (Å²) in [6, 6.07) is 16.6. The second-order valence-electron chi connectivity index (χ2n) is 8.17. The van der Waals surface area contributed by atoms with Gasteiger partial charge in [0.05, 0.1) is 34.0 Å². The number of fused-ring (bicyclic) bond motifs is 3. The molecule has 1 aliphatic heterocycles. The summed E-state index contributed by atoms with van der Waals surface area (Å²) < 4.78 is 32.8. The van der Waals surface area contributed by atoms with Gasteiger partial charge in [-0.1, -0.05) is 49.7 Å². The summed E-state index contributed by atoms with van der Waals surface area (Å²) in [5.41, 5.74) is 3.21. The number of carbonyl (C=O) groups excluding carboxylic acids is 2. The summed E-state index contributed by atoms with van der Waals surface area (Å²) in [6.07, 6.45) is 0. The molecule has 0 saturated heterocycles. The Morgan fingerprint density at radius 2 is 1.76 bits per heavy atom. The van der Waals surface area contributed by atoms with Gasteiger partial charge in [0.25, 0.3) is 10.0 Å². The maximum atomic E-state index is 13.5. The molecule has 34 heavy (non-hydrogen) atoms. The van der Waals surface area contributed by atoms with Gasteiger partial charge in [-0.05, 0) is 47.9 Å². The van der Waals surface area contributed by atoms with Crippen LogP contribution in [0.5, 0.6) is 0 Å². The molecule has 0 bridgehead atoms. The molecule has 176 valence electrons. The SMILES string of the molecule is COC(=O)c1ccc(Cl)c(NC(=O)CN2c3ccc(C(C)C)cc3-c3ccccc3S2(=O)=O)c1. The molecule has 3 aromatic carbocycles. The van der Waals surface area contributed by atoms with Crippen molar-refractivity contribution in [1.29, 1.82) is 0 Å². The molecule has 7 nitrogen and oxygen atoms in total. The second-order valence-corrected chi connectivity index (χ2v) is 10.4. The molecule has 0 aromatic heterocycles. The molecule has 0 aliphatic carbocycles. The minimum Gasteiger partial charge on any atom is -0.465 e. The molecule has 0 atom stereocenters. The summed E-state index contributed by atoms with van der Waals surface area (Å²) in [7, 11) is -2.74. The van der Waals surface area contributed by atoms with Gasteiger partial charge in [-0.3, -0.25) is 9.10 Å². The Kier molecular flexibility index (Phi) is 6.38. The van der Waals surface area contributed by atoms with Crippen molar-refractivity contribution in [3.8, 4) is 11.1 Å². The quantitative estimate of drug-likeness (QED) is 0.496. The van der Waals surface area contributed by atoms with Crippen molar-refractivity contribution >= 4 is 44.9 Å². The van der Waals surface area contributed by atoms with Crippen LogP contribution < -0.4 is 9.62 Å². The first kappa shape index (κ1) is 23.8. The van der Waals surface area contributed by atoms with E-state index >= 15 is 0 Å². The first-order valence-electron chi connectivity index (χ1n) is 10.6. The van der Waals surface area contributed by atoms with Gasteiger partial charge >= 0.3 is 5.97 Å². The van der Waals surface area contributed by atoms with Crippen LogP contribution in [0.15, 0.2) is 65.6 Å². The monoisotopic (exact) mass is 498 g/mol. The van der Waals surface area contributed by atoms with Crippen molar-refractivity contribution in [3.63, 3.8) is 0 Å². The van der Waals surface area contributed by atoms with E-state index in [2.05, 4.69) is 19.2 Å². The Labute approximate surface area is 203 Å². The number of nitrogens with zero attached hydrogens (tertiary/aromatic N) is 1. The van der Waals surface area contributed by atoms with Gasteiger partial charge in [-0.15, -0.1) is 0 Å². The number of hydrogen-bond acceptors (Lipinski definition) is 5. The highest BCUT2D eigenvalue weighted by Gasteiger charge is 2.36. The zero-order valence-corrected chi connectivity index (χ0v) is 20.4. The van der Waals surface area contributed by atoms with Crippen molar-refractivity contribution in [2.24, 2.45) is 0 Å². The largest absolute Gasteiger partial charge is 0.465 e. The Bertz CT molecular complexity index is 1400. The first-order valence-corrected chi connectivity index (χ1v) is 12.4. The van der Waals surface area contributed by atoms with E-state index in [0.29, 0.717) is 11.3 Å². The van der Waals surface area contributed by atoms with Crippen molar-refractivity contribution in [2.45, 2.75) is 24.7 Å². The number of ether oxygens (including phenoxy) is 1. The van der Waals surface area contributed by atoms with E-state index in [1.54, 1.807) is 24.3 Å². The number of esters is 1. The van der Waals surface area contributed by atoms with Crippen molar-refractivity contribution in [3.05, 3.63) is 76.8 Å². The Hall–Kier alpha value is -3.36. The normalized spacial score (nSPS) is 13.7. The average Bonchev–Trinajstić information content (AvgIpc) is 2.82. The molecule has 4 rings (SSSR count). The van der Waals surface area contributed by atoms with Gasteiger partial charge in [0.1, 0.15) is 6.54 Å². The van der Waals surface area contributed by atoms with Gasteiger partial charge in [-0.2, -0.15) is 0 Å². The molecule has 3 aromatic rings. The third kappa shape index (κ3) is 4.26. The topological polar surface area (TPSA) is 92.8 Å². The summed E-state index contributed by atoms with van der Waals surface area (Å²) in [5.74, 6) is -0.944. The Balaban J connectivity index is 1.71. The standard InChI is InChI=1S/C25H23ClN2O5S/c1-15(2)16-9-11-22-19(12-16)18-6-4-5-7-23(18)34(31,32)28(22)14-24(29)27-21-13-17(25(30)33-3)8-10-20(21)26/h4-13,15H,14H2,1-3H3,(H,27,29). The van der Waals surface area contributed by atoms with Crippen LogP contribution in [0.25, 0.3) is 11.1 Å². The lowest BCUT2D eigenvalue weighted by molar-refractivity contribution is -0.114. The van der Waals surface area contributed by atoms with E-state index in [-0.39, 0.29) is 27.1 Å². The fourth-order valence-electron chi connectivity index (χ4n) is 3.86. The highest BCUT2D eigenvalue weighted by molar-refractivity contribution is 7.93. The number of halogens is 1. The second kappa shape index (κ2) is 9.12. The minimum atomic E-state index is -3.99. The lowest BCUT2D eigenvalue weighted by atomic mass is 9.95. The molecule has 0 spiro atoms. The summed E-state index contributed by atoms with van der Waals surface area (Å²) in [4.78, 5) is 24.9. The van der Waals surface area contributed by atoms with E-state index in [0.717, 1.165) is 15.4 Å². The number of rotatable bonds is 5. The molecular formula is C25H23ClN2O5S. The summed E-state index contributed by atoms with van der Waals surface area (Å²) in [5, 5.41) is 2.82. The van der Waals surface area contributed by atoms with E-state index in [1.807, 2.05) is 12.1 Å². The van der Waals surface area contributed by atoms with Gasteiger partial charge in [0, 0.05) is 11.1 Å². The molecule has 1 N–H and O–H groups in total. The van der Waals surface area contributed by atoms with E-state index in [9.17, 15) is 18.0 Å². The molecule has 0 unspecified atom stereocenters. The van der Waals surface area contributed by atoms with Crippen LogP contribution in [0.3, 0.4) is 0 Å². The van der Waals surface area contributed by atoms with E-state index in [1.165, 1.54) is 31.4 Å². The molecule has 1 aliphatic rings. The minimum absolute atomic E-state index is 0.141. The predicted molar refractivity (Wildman–Crippen MR) is 132 cm³/mol. The van der Waals surface area contributed by atoms with Gasteiger partial charge in [0.15, 0.2) is 0 Å². The molecule has 0 saturated carbocycles. The van der Waals surface area contributed by atoms with Crippen LogP contribution in [0, 0.1) is 0 Å². The number of hydrogen-bond donors (Lipinski definition) is 1. The number of carbonyl (C=O) groups is 2. The van der Waals surface area contributed by atoms with E-state index in [4.69, 9.17) is 16.3 Å². The zero-order valence-electron chi connectivity index (χ0n) is 18.8. The molecule has 1 amide bonds. The smallest absolute Gasteiger partial charge is 0.337 e. The highest BCUT2D eigenvalue weighted by Crippen LogP contribution is 2.44. The van der Waals surface area contributed by atoms with Crippen LogP contribution in [0.4, 0.5) is 11.4 Å². The molecular weight excluding hydrogens is 476 g/mol. The maximum Gasteiger partial charge on any atom is 0.337 e. The lowest BCUT2D eigenvalue weighted by Crippen LogP contribution is -2.40. The van der Waals surface area contributed by atoms with Crippen LogP contribution in [0.1, 0.15) is 35.7 Å². The first-order chi connectivity index (χ1) is 16.1. The van der Waals surface area contributed by atoms with Gasteiger partial charge < -0.3 is 10.1 Å². The summed E-state index contributed by atoms with van der Waals surface area (Å²) >= 11 is 6.18. The third-order valence-corrected chi connectivity index (χ3v) is 7.80. The highest BCUT2D eigenvalue weighted by atomic mass is 35.5. The molecule has 1 heterocycles. The third-order valence-electron chi connectivity index (χ3n) is 5.65. The molecule has 9 heteroatoms. The number of nitrogens with one attached hydrogen (secondary N) is 1. The number of methoxy groups -OCH3 is 1. The summed E-state index contributed by atoms with van der Waals surface area (Å²) in [6.45, 7) is 3.65. The van der Waals surface area contributed by atoms with Crippen molar-refractivity contribution < 1.29 is 22.7 Å². The maximum absolute atomic E-state index is 13.5. The fraction of sp³-hybridized carbons (Fsp3) is 0.200. The average molecular weight is 499 g/mol. The predicted octanol–water partition coefficient (Wildman–Crippen LogP) is 5.06. The van der Waals surface area contributed by atoms with Crippen molar-refractivity contribution in [2.75, 3.05) is 23.3 Å². The number of anilines is 2. The lowest BCUT2D eigenvalue weighted by Gasteiger charge is -2.32. The van der Waals surface area contributed by atoms with Crippen LogP contribution in [0.2, 0.25) is 5.02 Å². The van der Waals surface area contributed by atoms with Crippen LogP contribution >= 0.6 is 11.6 Å². The number of amides is 1. The van der Waals surface area contributed by atoms with Crippen LogP contribution in [-0.2, 0) is 19.6 Å². The van der Waals surface area contributed by atoms with Crippen LogP contribution in [-0.4, -0.2) is 33.9 Å². The zero-order chi connectivity index (χ0) is 24.6. The van der Waals surface area contributed by atoms with Gasteiger partial charge in [0.2, 0.25) is 5.91 Å². The van der Waals surface area contributed by atoms with Crippen molar-refractivity contribution in [1.82, 2.24) is 0 Å². The number of benzene rings is 3. The fourth-order valence-corrected chi connectivity index (χ4v) is 5.68. The molecule has 0 radical (unpaired) electrons. The number of sulfonamides is 1.